The number of amides is 1. The molecule has 0 aliphatic carbocycles. The molecule has 0 radical (unpaired) electrons. The quantitative estimate of drug-likeness (QED) is 0.672. The van der Waals surface area contributed by atoms with Gasteiger partial charge in [-0.2, -0.15) is 0 Å². The third-order valence-corrected chi connectivity index (χ3v) is 4.06. The van der Waals surface area contributed by atoms with Crippen LogP contribution in [0.2, 0.25) is 0 Å². The predicted octanol–water partition coefficient (Wildman–Crippen LogP) is 3.50. The number of aromatic nitrogens is 2. The summed E-state index contributed by atoms with van der Waals surface area (Å²) in [6.07, 6.45) is 0.506. The Labute approximate surface area is 140 Å². The average Bonchev–Trinajstić information content (AvgIpc) is 2.98. The first-order chi connectivity index (χ1) is 11.5. The number of imidazole rings is 1. The van der Waals surface area contributed by atoms with Gasteiger partial charge in [-0.3, -0.25) is 4.79 Å². The number of nitrogens with zero attached hydrogens (tertiary/aromatic N) is 1. The second-order valence-corrected chi connectivity index (χ2v) is 6.00. The molecule has 0 spiro atoms. The number of H-pyrrole nitrogens is 1. The maximum Gasteiger partial charge on any atom is 0.224 e. The third kappa shape index (κ3) is 3.63. The van der Waals surface area contributed by atoms with Gasteiger partial charge in [0.1, 0.15) is 11.9 Å². The zero-order chi connectivity index (χ0) is 17.1. The summed E-state index contributed by atoms with van der Waals surface area (Å²) in [5, 5.41) is 12.5. The smallest absolute Gasteiger partial charge is 0.224 e. The van der Waals surface area contributed by atoms with Gasteiger partial charge in [0.2, 0.25) is 5.91 Å². The van der Waals surface area contributed by atoms with Crippen LogP contribution < -0.4 is 5.32 Å². The standard InChI is InChI=1S/C19H21N3O2/c1-12-5-3-4-6-14(12)7-10-18(24)20-15-8-9-16-17(11-15)22-19(21-16)13(2)23/h3-6,8-9,11,13,23H,7,10H2,1-2H3,(H,20,24)(H,21,22). The van der Waals surface area contributed by atoms with Crippen molar-refractivity contribution in [3.8, 4) is 0 Å². The Kier molecular flexibility index (Phi) is 4.62. The van der Waals surface area contributed by atoms with Crippen LogP contribution in [0.1, 0.15) is 36.4 Å². The number of benzene rings is 2. The highest BCUT2D eigenvalue weighted by Crippen LogP contribution is 2.20. The molecular formula is C19H21N3O2. The summed E-state index contributed by atoms with van der Waals surface area (Å²) in [5.74, 6) is 0.501. The minimum Gasteiger partial charge on any atom is -0.385 e. The number of aryl methyl sites for hydroxylation is 2. The average molecular weight is 323 g/mol. The molecule has 1 heterocycles. The van der Waals surface area contributed by atoms with E-state index in [1.165, 1.54) is 11.1 Å². The zero-order valence-electron chi connectivity index (χ0n) is 13.8. The molecule has 0 saturated carbocycles. The maximum atomic E-state index is 12.2. The molecule has 24 heavy (non-hydrogen) atoms. The highest BCUT2D eigenvalue weighted by atomic mass is 16.3. The Balaban J connectivity index is 1.65. The molecule has 0 aliphatic heterocycles. The Morgan fingerprint density at radius 2 is 2.08 bits per heavy atom. The van der Waals surface area contributed by atoms with Crippen LogP contribution in [0.4, 0.5) is 5.69 Å². The first-order valence-corrected chi connectivity index (χ1v) is 8.05. The van der Waals surface area contributed by atoms with Crippen molar-refractivity contribution in [2.45, 2.75) is 32.8 Å². The number of hydrogen-bond acceptors (Lipinski definition) is 3. The lowest BCUT2D eigenvalue weighted by Crippen LogP contribution is -2.12. The number of carbonyl (C=O) groups is 1. The zero-order valence-corrected chi connectivity index (χ0v) is 13.8. The van der Waals surface area contributed by atoms with Crippen molar-refractivity contribution >= 4 is 22.6 Å². The summed E-state index contributed by atoms with van der Waals surface area (Å²) in [6, 6.07) is 13.6. The molecule has 1 unspecified atom stereocenters. The third-order valence-electron chi connectivity index (χ3n) is 4.06. The Hall–Kier alpha value is -2.66. The van der Waals surface area contributed by atoms with E-state index < -0.39 is 6.10 Å². The molecule has 0 bridgehead atoms. The van der Waals surface area contributed by atoms with Crippen molar-refractivity contribution in [2.75, 3.05) is 5.32 Å². The second-order valence-electron chi connectivity index (χ2n) is 6.00. The van der Waals surface area contributed by atoms with E-state index in [1.54, 1.807) is 6.92 Å². The highest BCUT2D eigenvalue weighted by molar-refractivity contribution is 5.93. The normalized spacial score (nSPS) is 12.3. The Bertz CT molecular complexity index is 868. The van der Waals surface area contributed by atoms with E-state index >= 15 is 0 Å². The van der Waals surface area contributed by atoms with Crippen molar-refractivity contribution in [3.63, 3.8) is 0 Å². The van der Waals surface area contributed by atoms with Crippen molar-refractivity contribution in [3.05, 3.63) is 59.4 Å². The highest BCUT2D eigenvalue weighted by Gasteiger charge is 2.09. The number of fused-ring (bicyclic) bond motifs is 1. The van der Waals surface area contributed by atoms with Gasteiger partial charge in [-0.25, -0.2) is 4.98 Å². The van der Waals surface area contributed by atoms with Gasteiger partial charge in [0.05, 0.1) is 11.0 Å². The minimum absolute atomic E-state index is 0.0205. The molecule has 5 heteroatoms. The van der Waals surface area contributed by atoms with Crippen LogP contribution in [-0.2, 0) is 11.2 Å². The van der Waals surface area contributed by atoms with Crippen LogP contribution in [0.15, 0.2) is 42.5 Å². The summed E-state index contributed by atoms with van der Waals surface area (Å²) in [7, 11) is 0. The van der Waals surface area contributed by atoms with E-state index in [-0.39, 0.29) is 5.91 Å². The van der Waals surface area contributed by atoms with Gasteiger partial charge < -0.3 is 15.4 Å². The van der Waals surface area contributed by atoms with Crippen LogP contribution in [0.25, 0.3) is 11.0 Å². The molecular weight excluding hydrogens is 302 g/mol. The van der Waals surface area contributed by atoms with Gasteiger partial charge in [-0.1, -0.05) is 24.3 Å². The summed E-state index contributed by atoms with van der Waals surface area (Å²) < 4.78 is 0. The first kappa shape index (κ1) is 16.2. The lowest BCUT2D eigenvalue weighted by Gasteiger charge is -2.07. The molecule has 1 atom stereocenters. The van der Waals surface area contributed by atoms with Crippen LogP contribution in [-0.4, -0.2) is 21.0 Å². The molecule has 3 aromatic rings. The summed E-state index contributed by atoms with van der Waals surface area (Å²) in [4.78, 5) is 19.5. The van der Waals surface area contributed by atoms with Crippen molar-refractivity contribution < 1.29 is 9.90 Å². The monoisotopic (exact) mass is 323 g/mol. The van der Waals surface area contributed by atoms with Gasteiger partial charge in [-0.15, -0.1) is 0 Å². The van der Waals surface area contributed by atoms with E-state index in [4.69, 9.17) is 0 Å². The number of aliphatic hydroxyl groups is 1. The molecule has 0 aliphatic rings. The Morgan fingerprint density at radius 1 is 1.29 bits per heavy atom. The largest absolute Gasteiger partial charge is 0.385 e. The summed E-state index contributed by atoms with van der Waals surface area (Å²) in [5.41, 5.74) is 4.68. The van der Waals surface area contributed by atoms with E-state index in [9.17, 15) is 9.90 Å². The summed E-state index contributed by atoms with van der Waals surface area (Å²) in [6.45, 7) is 3.71. The maximum absolute atomic E-state index is 12.2. The molecule has 0 saturated heterocycles. The van der Waals surface area contributed by atoms with Crippen molar-refractivity contribution in [1.82, 2.24) is 9.97 Å². The van der Waals surface area contributed by atoms with Crippen LogP contribution in [0, 0.1) is 6.92 Å². The van der Waals surface area contributed by atoms with E-state index in [1.807, 2.05) is 30.3 Å². The molecule has 3 N–H and O–H groups in total. The second kappa shape index (κ2) is 6.84. The number of aromatic amines is 1. The van der Waals surface area contributed by atoms with E-state index in [0.29, 0.717) is 12.2 Å². The van der Waals surface area contributed by atoms with Gasteiger partial charge >= 0.3 is 0 Å². The van der Waals surface area contributed by atoms with E-state index in [2.05, 4.69) is 34.3 Å². The number of aliphatic hydroxyl groups excluding tert-OH is 1. The SMILES string of the molecule is Cc1ccccc1CCC(=O)Nc1ccc2nc(C(C)O)[nH]c2c1. The van der Waals surface area contributed by atoms with E-state index in [0.717, 1.165) is 23.1 Å². The lowest BCUT2D eigenvalue weighted by atomic mass is 10.0. The molecule has 3 rings (SSSR count). The summed E-state index contributed by atoms with van der Waals surface area (Å²) >= 11 is 0. The van der Waals surface area contributed by atoms with Crippen LogP contribution >= 0.6 is 0 Å². The van der Waals surface area contributed by atoms with Gasteiger partial charge in [0, 0.05) is 12.1 Å². The fraction of sp³-hybridized carbons (Fsp3) is 0.263. The number of nitrogens with one attached hydrogen (secondary N) is 2. The number of hydrogen-bond donors (Lipinski definition) is 3. The van der Waals surface area contributed by atoms with Gasteiger partial charge in [0.25, 0.3) is 0 Å². The molecule has 124 valence electrons. The molecule has 1 aromatic heterocycles. The topological polar surface area (TPSA) is 78.0 Å². The Morgan fingerprint density at radius 3 is 2.83 bits per heavy atom. The van der Waals surface area contributed by atoms with Gasteiger partial charge in [0.15, 0.2) is 0 Å². The lowest BCUT2D eigenvalue weighted by molar-refractivity contribution is -0.116. The fourth-order valence-corrected chi connectivity index (χ4v) is 2.67. The molecule has 5 nitrogen and oxygen atoms in total. The van der Waals surface area contributed by atoms with Crippen molar-refractivity contribution in [2.24, 2.45) is 0 Å². The minimum atomic E-state index is -0.649. The number of anilines is 1. The molecule has 1 amide bonds. The number of carbonyl (C=O) groups excluding carboxylic acids is 1. The first-order valence-electron chi connectivity index (χ1n) is 8.05. The number of rotatable bonds is 5. The fourth-order valence-electron chi connectivity index (χ4n) is 2.67. The predicted molar refractivity (Wildman–Crippen MR) is 94.9 cm³/mol. The van der Waals surface area contributed by atoms with Crippen molar-refractivity contribution in [1.29, 1.82) is 0 Å². The van der Waals surface area contributed by atoms with Crippen LogP contribution in [0.5, 0.6) is 0 Å². The van der Waals surface area contributed by atoms with Gasteiger partial charge in [-0.05, 0) is 49.6 Å². The van der Waals surface area contributed by atoms with Crippen LogP contribution in [0.3, 0.4) is 0 Å². The molecule has 0 fully saturated rings. The molecule has 2 aromatic carbocycles.